The molecule has 0 fully saturated rings. The smallest absolute Gasteiger partial charge is 0.272 e. The van der Waals surface area contributed by atoms with Gasteiger partial charge in [0.15, 0.2) is 0 Å². The Morgan fingerprint density at radius 3 is 2.26 bits per heavy atom. The monoisotopic (exact) mass is 490 g/mol. The fraction of sp³-hybridized carbons (Fsp3) is 0.423. The van der Waals surface area contributed by atoms with Crippen molar-refractivity contribution < 1.29 is 13.6 Å². The highest BCUT2D eigenvalue weighted by Gasteiger charge is 2.26. The minimum absolute atomic E-state index is 0.0247. The predicted molar refractivity (Wildman–Crippen MR) is 139 cm³/mol. The highest BCUT2D eigenvalue weighted by molar-refractivity contribution is 5.92. The van der Waals surface area contributed by atoms with Gasteiger partial charge in [0.1, 0.15) is 17.3 Å². The SMILES string of the molecule is C#C.CC(C)C.CCN(CC1CCCC(/C=C(\N)c2c(F)cccc2F)=C1N)C(=O)/C(=C/N)NN. The molecule has 9 heteroatoms. The average Bonchev–Trinajstić information content (AvgIpc) is 2.81. The van der Waals surface area contributed by atoms with Crippen LogP contribution in [0.3, 0.4) is 0 Å². The van der Waals surface area contributed by atoms with E-state index in [1.54, 1.807) is 4.90 Å². The van der Waals surface area contributed by atoms with Gasteiger partial charge in [-0.25, -0.2) is 8.78 Å². The molecule has 0 bridgehead atoms. The van der Waals surface area contributed by atoms with Crippen LogP contribution < -0.4 is 28.5 Å². The van der Waals surface area contributed by atoms with Gasteiger partial charge < -0.3 is 27.5 Å². The van der Waals surface area contributed by atoms with Crippen molar-refractivity contribution in [3.8, 4) is 12.8 Å². The van der Waals surface area contributed by atoms with E-state index in [2.05, 4.69) is 39.0 Å². The Hall–Kier alpha value is -3.51. The largest absolute Gasteiger partial charge is 0.403 e. The fourth-order valence-corrected chi connectivity index (χ4v) is 3.45. The van der Waals surface area contributed by atoms with E-state index in [1.807, 2.05) is 6.92 Å². The molecule has 0 saturated carbocycles. The molecule has 0 radical (unpaired) electrons. The molecule has 1 unspecified atom stereocenters. The second kappa shape index (κ2) is 16.2. The van der Waals surface area contributed by atoms with Crippen LogP contribution in [0.15, 0.2) is 47.4 Å². The van der Waals surface area contributed by atoms with Gasteiger partial charge in [-0.15, -0.1) is 12.8 Å². The van der Waals surface area contributed by atoms with Crippen LogP contribution in [0.1, 0.15) is 52.5 Å². The first-order chi connectivity index (χ1) is 16.6. The van der Waals surface area contributed by atoms with E-state index in [1.165, 1.54) is 12.1 Å². The average molecular weight is 491 g/mol. The van der Waals surface area contributed by atoms with Crippen LogP contribution in [0, 0.1) is 36.3 Å². The molecule has 9 N–H and O–H groups in total. The van der Waals surface area contributed by atoms with Gasteiger partial charge >= 0.3 is 0 Å². The summed E-state index contributed by atoms with van der Waals surface area (Å²) in [7, 11) is 0. The van der Waals surface area contributed by atoms with Crippen molar-refractivity contribution in [3.05, 3.63) is 64.6 Å². The topological polar surface area (TPSA) is 136 Å². The number of hydrogen-bond acceptors (Lipinski definition) is 6. The van der Waals surface area contributed by atoms with Gasteiger partial charge in [0, 0.05) is 36.6 Å². The molecule has 0 aliphatic heterocycles. The van der Waals surface area contributed by atoms with Gasteiger partial charge in [-0.05, 0) is 55.9 Å². The molecule has 1 amide bonds. The molecule has 35 heavy (non-hydrogen) atoms. The van der Waals surface area contributed by atoms with Crippen molar-refractivity contribution in [2.24, 2.45) is 34.9 Å². The number of likely N-dealkylation sites (N-methyl/N-ethyl adjacent to an activating group) is 1. The van der Waals surface area contributed by atoms with Crippen LogP contribution in [0.5, 0.6) is 0 Å². The first-order valence-electron chi connectivity index (χ1n) is 11.5. The van der Waals surface area contributed by atoms with E-state index in [0.717, 1.165) is 42.7 Å². The zero-order valence-corrected chi connectivity index (χ0v) is 21.2. The molecule has 1 atom stereocenters. The van der Waals surface area contributed by atoms with Crippen molar-refractivity contribution in [1.82, 2.24) is 10.3 Å². The maximum atomic E-state index is 14.0. The van der Waals surface area contributed by atoms with Gasteiger partial charge in [-0.1, -0.05) is 26.8 Å². The van der Waals surface area contributed by atoms with Crippen LogP contribution in [-0.4, -0.2) is 23.9 Å². The molecule has 0 saturated heterocycles. The summed E-state index contributed by atoms with van der Waals surface area (Å²) in [4.78, 5) is 14.1. The molecule has 1 aromatic rings. The van der Waals surface area contributed by atoms with E-state index in [0.29, 0.717) is 25.2 Å². The fourth-order valence-electron chi connectivity index (χ4n) is 3.45. The van der Waals surface area contributed by atoms with Crippen LogP contribution in [0.25, 0.3) is 5.70 Å². The van der Waals surface area contributed by atoms with Gasteiger partial charge in [-0.3, -0.25) is 10.6 Å². The molecule has 194 valence electrons. The lowest BCUT2D eigenvalue weighted by atomic mass is 9.86. The summed E-state index contributed by atoms with van der Waals surface area (Å²) in [5.74, 6) is 4.25. The summed E-state index contributed by atoms with van der Waals surface area (Å²) in [5, 5.41) is 0. The molecule has 1 aliphatic carbocycles. The molecule has 1 aromatic carbocycles. The number of carbonyl (C=O) groups excluding carboxylic acids is 1. The summed E-state index contributed by atoms with van der Waals surface area (Å²) < 4.78 is 28.0. The summed E-state index contributed by atoms with van der Waals surface area (Å²) in [6, 6.07) is 3.58. The Balaban J connectivity index is 0.00000174. The first kappa shape index (κ1) is 31.5. The number of halogens is 2. The molecule has 1 aliphatic rings. The Kier molecular flexibility index (Phi) is 14.6. The number of terminal acetylenes is 1. The van der Waals surface area contributed by atoms with Crippen LogP contribution in [-0.2, 0) is 4.79 Å². The lowest BCUT2D eigenvalue weighted by molar-refractivity contribution is -0.127. The zero-order valence-electron chi connectivity index (χ0n) is 21.2. The number of hydrogen-bond donors (Lipinski definition) is 5. The van der Waals surface area contributed by atoms with Crippen LogP contribution in [0.2, 0.25) is 0 Å². The van der Waals surface area contributed by atoms with Gasteiger partial charge in [-0.2, -0.15) is 0 Å². The van der Waals surface area contributed by atoms with Gasteiger partial charge in [0.25, 0.3) is 5.91 Å². The summed E-state index contributed by atoms with van der Waals surface area (Å²) in [5.41, 5.74) is 21.1. The Bertz CT molecular complexity index is 914. The Morgan fingerprint density at radius 1 is 1.26 bits per heavy atom. The summed E-state index contributed by atoms with van der Waals surface area (Å²) in [6.45, 7) is 9.14. The van der Waals surface area contributed by atoms with Crippen molar-refractivity contribution >= 4 is 11.6 Å². The molecular formula is C26H40F2N6O. The number of amides is 1. The molecule has 0 heterocycles. The minimum atomic E-state index is -0.733. The normalized spacial score (nSPS) is 16.0. The number of allylic oxidation sites excluding steroid dienone is 2. The van der Waals surface area contributed by atoms with E-state index >= 15 is 0 Å². The number of nitrogens with one attached hydrogen (secondary N) is 1. The predicted octanol–water partition coefficient (Wildman–Crippen LogP) is 3.30. The standard InChI is InChI=1S/C20H28F2N6O.C4H10.C2H2/c1-2-28(20(29)17(10-23)27-26)11-13-6-3-5-12(19(13)25)9-16(24)18-14(21)7-4-8-15(18)22;1-4(2)3;1-2/h4,7-10,13,27H,2-3,5-6,11,23-26H2,1H3;4H,1-3H3;1-2H/b16-9-,17-10-;;. The number of hydrazine groups is 1. The molecule has 0 aromatic heterocycles. The second-order valence-corrected chi connectivity index (χ2v) is 8.57. The zero-order chi connectivity index (χ0) is 27.1. The molecule has 2 rings (SSSR count). The Labute approximate surface area is 208 Å². The van der Waals surface area contributed by atoms with E-state index in [9.17, 15) is 13.6 Å². The maximum Gasteiger partial charge on any atom is 0.272 e. The number of nitrogens with zero attached hydrogens (tertiary/aromatic N) is 1. The Morgan fingerprint density at radius 2 is 1.80 bits per heavy atom. The number of benzene rings is 1. The maximum absolute atomic E-state index is 14.0. The third-order valence-corrected chi connectivity index (χ3v) is 5.05. The van der Waals surface area contributed by atoms with Crippen molar-refractivity contribution in [1.29, 1.82) is 0 Å². The van der Waals surface area contributed by atoms with Crippen LogP contribution >= 0.6 is 0 Å². The van der Waals surface area contributed by atoms with Crippen LogP contribution in [0.4, 0.5) is 8.78 Å². The van der Waals surface area contributed by atoms with Gasteiger partial charge in [0.05, 0.1) is 5.56 Å². The number of rotatable bonds is 7. The van der Waals surface area contributed by atoms with E-state index in [-0.39, 0.29) is 28.8 Å². The summed E-state index contributed by atoms with van der Waals surface area (Å²) >= 11 is 0. The highest BCUT2D eigenvalue weighted by Crippen LogP contribution is 2.30. The quantitative estimate of drug-likeness (QED) is 0.172. The third-order valence-electron chi connectivity index (χ3n) is 5.05. The number of carbonyl (C=O) groups is 1. The highest BCUT2D eigenvalue weighted by atomic mass is 19.1. The van der Waals surface area contributed by atoms with Crippen molar-refractivity contribution in [2.45, 2.75) is 47.0 Å². The first-order valence-corrected chi connectivity index (χ1v) is 11.5. The molecule has 7 nitrogen and oxygen atoms in total. The third kappa shape index (κ3) is 9.71. The molecular weight excluding hydrogens is 450 g/mol. The lowest BCUT2D eigenvalue weighted by Gasteiger charge is -2.31. The van der Waals surface area contributed by atoms with E-state index in [4.69, 9.17) is 23.0 Å². The van der Waals surface area contributed by atoms with Crippen molar-refractivity contribution in [2.75, 3.05) is 13.1 Å². The second-order valence-electron chi connectivity index (χ2n) is 8.57. The molecule has 0 spiro atoms. The minimum Gasteiger partial charge on any atom is -0.403 e. The summed E-state index contributed by atoms with van der Waals surface area (Å²) in [6.07, 6.45) is 12.9. The number of nitrogens with two attached hydrogens (primary N) is 4. The van der Waals surface area contributed by atoms with E-state index < -0.39 is 11.6 Å². The van der Waals surface area contributed by atoms with Gasteiger partial charge in [0.2, 0.25) is 0 Å². The van der Waals surface area contributed by atoms with Crippen molar-refractivity contribution in [3.63, 3.8) is 0 Å². The lowest BCUT2D eigenvalue weighted by Crippen LogP contribution is -2.42.